The number of aromatic nitrogens is 1. The van der Waals surface area contributed by atoms with Gasteiger partial charge in [-0.2, -0.15) is 0 Å². The molecule has 5 heteroatoms. The third-order valence-electron chi connectivity index (χ3n) is 3.09. The first kappa shape index (κ1) is 10.8. The van der Waals surface area contributed by atoms with Crippen molar-refractivity contribution >= 4 is 17.6 Å². The lowest BCUT2D eigenvalue weighted by molar-refractivity contribution is 0.255. The molecule has 0 spiro atoms. The minimum Gasteiger partial charge on any atom is -0.338 e. The molecule has 1 aromatic heterocycles. The van der Waals surface area contributed by atoms with Crippen molar-refractivity contribution in [1.82, 2.24) is 5.16 Å². The molecular weight excluding hydrogens is 230 g/mol. The molecule has 1 N–H and O–H groups in total. The summed E-state index contributed by atoms with van der Waals surface area (Å²) in [5.74, 6) is 0.358. The van der Waals surface area contributed by atoms with Crippen LogP contribution in [0, 0.1) is 0 Å². The van der Waals surface area contributed by atoms with E-state index in [0.29, 0.717) is 5.88 Å². The number of fused-ring (bicyclic) bond motifs is 1. The van der Waals surface area contributed by atoms with Crippen molar-refractivity contribution < 1.29 is 9.32 Å². The second-order valence-electron chi connectivity index (χ2n) is 4.36. The Bertz CT molecular complexity index is 565. The summed E-state index contributed by atoms with van der Waals surface area (Å²) in [6, 6.07) is 9.50. The van der Waals surface area contributed by atoms with Crippen LogP contribution in [0.2, 0.25) is 0 Å². The number of carbonyl (C=O) groups is 1. The summed E-state index contributed by atoms with van der Waals surface area (Å²) in [6.45, 7) is 2.03. The first-order valence-corrected chi connectivity index (χ1v) is 5.84. The molecular formula is C13H13N3O2. The summed E-state index contributed by atoms with van der Waals surface area (Å²) in [5.41, 5.74) is 2.15. The maximum absolute atomic E-state index is 12.2. The number of hydrogen-bond acceptors (Lipinski definition) is 3. The standard InChI is InChI=1S/C13H13N3O2/c1-9-8-10-4-2-3-5-11(10)16(9)13(17)15-12-6-7-14-18-12/h2-7,9H,8H2,1H3,(H,15,17). The molecule has 0 radical (unpaired) electrons. The van der Waals surface area contributed by atoms with Crippen molar-refractivity contribution in [2.24, 2.45) is 0 Å². The number of nitrogens with one attached hydrogen (secondary N) is 1. The van der Waals surface area contributed by atoms with Gasteiger partial charge in [-0.05, 0) is 25.0 Å². The van der Waals surface area contributed by atoms with Crippen LogP contribution in [-0.2, 0) is 6.42 Å². The van der Waals surface area contributed by atoms with Gasteiger partial charge in [-0.15, -0.1) is 0 Å². The third-order valence-corrected chi connectivity index (χ3v) is 3.09. The van der Waals surface area contributed by atoms with Crippen molar-refractivity contribution in [3.05, 3.63) is 42.1 Å². The van der Waals surface area contributed by atoms with Gasteiger partial charge in [0.1, 0.15) is 0 Å². The number of hydrogen-bond donors (Lipinski definition) is 1. The van der Waals surface area contributed by atoms with E-state index in [4.69, 9.17) is 4.52 Å². The molecule has 0 bridgehead atoms. The van der Waals surface area contributed by atoms with E-state index in [-0.39, 0.29) is 12.1 Å². The molecule has 1 unspecified atom stereocenters. The van der Waals surface area contributed by atoms with Gasteiger partial charge in [-0.1, -0.05) is 23.4 Å². The van der Waals surface area contributed by atoms with Gasteiger partial charge in [-0.25, -0.2) is 4.79 Å². The van der Waals surface area contributed by atoms with E-state index < -0.39 is 0 Å². The van der Waals surface area contributed by atoms with Crippen LogP contribution in [-0.4, -0.2) is 17.2 Å². The highest BCUT2D eigenvalue weighted by atomic mass is 16.5. The average molecular weight is 243 g/mol. The van der Waals surface area contributed by atoms with Crippen molar-refractivity contribution in [2.75, 3.05) is 10.2 Å². The molecule has 0 saturated heterocycles. The molecule has 2 amide bonds. The fourth-order valence-electron chi connectivity index (χ4n) is 2.32. The number of benzene rings is 1. The maximum Gasteiger partial charge on any atom is 0.328 e. The Hall–Kier alpha value is -2.30. The quantitative estimate of drug-likeness (QED) is 0.837. The Morgan fingerprint density at radius 3 is 3.06 bits per heavy atom. The zero-order chi connectivity index (χ0) is 12.5. The molecule has 1 aliphatic heterocycles. The highest BCUT2D eigenvalue weighted by Crippen LogP contribution is 2.32. The lowest BCUT2D eigenvalue weighted by Gasteiger charge is -2.22. The van der Waals surface area contributed by atoms with Gasteiger partial charge >= 0.3 is 6.03 Å². The fraction of sp³-hybridized carbons (Fsp3) is 0.231. The molecule has 3 rings (SSSR count). The van der Waals surface area contributed by atoms with Crippen LogP contribution in [0.1, 0.15) is 12.5 Å². The van der Waals surface area contributed by atoms with Gasteiger partial charge in [0.15, 0.2) is 0 Å². The predicted molar refractivity (Wildman–Crippen MR) is 67.6 cm³/mol. The zero-order valence-corrected chi connectivity index (χ0v) is 9.96. The summed E-state index contributed by atoms with van der Waals surface area (Å²) in [6.07, 6.45) is 2.37. The maximum atomic E-state index is 12.2. The minimum absolute atomic E-state index is 0.144. The SMILES string of the molecule is CC1Cc2ccccc2N1C(=O)Nc1ccno1. The molecule has 0 fully saturated rings. The minimum atomic E-state index is -0.191. The zero-order valence-electron chi connectivity index (χ0n) is 9.96. The smallest absolute Gasteiger partial charge is 0.328 e. The lowest BCUT2D eigenvalue weighted by atomic mass is 10.1. The number of rotatable bonds is 1. The van der Waals surface area contributed by atoms with Gasteiger partial charge < -0.3 is 4.52 Å². The Balaban J connectivity index is 1.86. The van der Waals surface area contributed by atoms with E-state index in [2.05, 4.69) is 10.5 Å². The third kappa shape index (κ3) is 1.73. The molecule has 2 heterocycles. The molecule has 5 nitrogen and oxygen atoms in total. The molecule has 1 aromatic carbocycles. The number of urea groups is 1. The van der Waals surface area contributed by atoms with Crippen LogP contribution in [0.5, 0.6) is 0 Å². The summed E-state index contributed by atoms with van der Waals surface area (Å²) in [4.78, 5) is 14.0. The van der Waals surface area contributed by atoms with Gasteiger partial charge in [0.25, 0.3) is 0 Å². The summed E-state index contributed by atoms with van der Waals surface area (Å²) < 4.78 is 4.88. The lowest BCUT2D eigenvalue weighted by Crippen LogP contribution is -2.38. The Morgan fingerprint density at radius 2 is 2.28 bits per heavy atom. The Kier molecular flexibility index (Phi) is 2.51. The van der Waals surface area contributed by atoms with Gasteiger partial charge in [0.05, 0.1) is 6.20 Å². The summed E-state index contributed by atoms with van der Waals surface area (Å²) >= 11 is 0. The molecule has 1 aliphatic rings. The normalized spacial score (nSPS) is 17.6. The van der Waals surface area contributed by atoms with Crippen LogP contribution < -0.4 is 10.2 Å². The highest BCUT2D eigenvalue weighted by molar-refractivity contribution is 6.02. The van der Waals surface area contributed by atoms with Crippen molar-refractivity contribution in [3.8, 4) is 0 Å². The largest absolute Gasteiger partial charge is 0.338 e. The van der Waals surface area contributed by atoms with E-state index in [9.17, 15) is 4.79 Å². The first-order chi connectivity index (χ1) is 8.75. The van der Waals surface area contributed by atoms with Gasteiger partial charge in [0, 0.05) is 17.8 Å². The average Bonchev–Trinajstić information content (AvgIpc) is 2.94. The Morgan fingerprint density at radius 1 is 1.44 bits per heavy atom. The number of carbonyl (C=O) groups excluding carboxylic acids is 1. The topological polar surface area (TPSA) is 58.4 Å². The van der Waals surface area contributed by atoms with Crippen LogP contribution in [0.4, 0.5) is 16.4 Å². The monoisotopic (exact) mass is 243 g/mol. The van der Waals surface area contributed by atoms with E-state index in [0.717, 1.165) is 12.1 Å². The molecule has 1 atom stereocenters. The Labute approximate surface area is 104 Å². The second-order valence-corrected chi connectivity index (χ2v) is 4.36. The van der Waals surface area contributed by atoms with E-state index in [1.807, 2.05) is 31.2 Å². The van der Waals surface area contributed by atoms with Crippen LogP contribution in [0.25, 0.3) is 0 Å². The molecule has 2 aromatic rings. The van der Waals surface area contributed by atoms with Crippen LogP contribution in [0.3, 0.4) is 0 Å². The second kappa shape index (κ2) is 4.18. The highest BCUT2D eigenvalue weighted by Gasteiger charge is 2.30. The summed E-state index contributed by atoms with van der Waals surface area (Å²) in [7, 11) is 0. The van der Waals surface area contributed by atoms with Crippen molar-refractivity contribution in [3.63, 3.8) is 0 Å². The van der Waals surface area contributed by atoms with Crippen molar-refractivity contribution in [2.45, 2.75) is 19.4 Å². The van der Waals surface area contributed by atoms with Gasteiger partial charge in [-0.3, -0.25) is 10.2 Å². The number of nitrogens with zero attached hydrogens (tertiary/aromatic N) is 2. The van der Waals surface area contributed by atoms with E-state index in [1.165, 1.54) is 11.8 Å². The molecule has 0 saturated carbocycles. The number of para-hydroxylation sites is 1. The van der Waals surface area contributed by atoms with E-state index in [1.54, 1.807) is 11.0 Å². The molecule has 92 valence electrons. The molecule has 0 aliphatic carbocycles. The molecule has 18 heavy (non-hydrogen) atoms. The fourth-order valence-corrected chi connectivity index (χ4v) is 2.32. The van der Waals surface area contributed by atoms with E-state index >= 15 is 0 Å². The number of anilines is 2. The summed E-state index contributed by atoms with van der Waals surface area (Å²) in [5, 5.41) is 6.25. The number of amides is 2. The van der Waals surface area contributed by atoms with Crippen LogP contribution in [0.15, 0.2) is 41.1 Å². The first-order valence-electron chi connectivity index (χ1n) is 5.84. The predicted octanol–water partition coefficient (Wildman–Crippen LogP) is 2.66. The van der Waals surface area contributed by atoms with Crippen molar-refractivity contribution in [1.29, 1.82) is 0 Å². The van der Waals surface area contributed by atoms with Crippen LogP contribution >= 0.6 is 0 Å². The van der Waals surface area contributed by atoms with Gasteiger partial charge in [0.2, 0.25) is 5.88 Å².